The lowest BCUT2D eigenvalue weighted by molar-refractivity contribution is -0.199. The number of para-hydroxylation sites is 1. The van der Waals surface area contributed by atoms with Crippen LogP contribution in [0.1, 0.15) is 44.7 Å². The van der Waals surface area contributed by atoms with Crippen LogP contribution in [0.2, 0.25) is 0 Å². The summed E-state index contributed by atoms with van der Waals surface area (Å²) in [7, 11) is -0.350. The second-order valence-electron chi connectivity index (χ2n) is 9.27. The smallest absolute Gasteiger partial charge is 0.464 e. The summed E-state index contributed by atoms with van der Waals surface area (Å²) >= 11 is 6.79. The molecular formula is C21H26BClO3. The molecule has 2 heterocycles. The summed E-state index contributed by atoms with van der Waals surface area (Å²) in [6.07, 6.45) is 5.04. The van der Waals surface area contributed by atoms with Crippen LogP contribution in [0.3, 0.4) is 0 Å². The largest absolute Gasteiger partial charge is 0.477 e. The number of benzene rings is 1. The zero-order valence-corrected chi connectivity index (χ0v) is 16.7. The molecule has 4 fully saturated rings. The van der Waals surface area contributed by atoms with Gasteiger partial charge >= 0.3 is 7.12 Å². The maximum Gasteiger partial charge on any atom is 0.477 e. The van der Waals surface area contributed by atoms with Crippen molar-refractivity contribution in [2.24, 2.45) is 17.3 Å². The van der Waals surface area contributed by atoms with Crippen LogP contribution in [0.5, 0.6) is 0 Å². The summed E-state index contributed by atoms with van der Waals surface area (Å²) in [4.78, 5) is 0. The molecule has 0 radical (unpaired) electrons. The minimum absolute atomic E-state index is 0.175. The first-order chi connectivity index (χ1) is 12.3. The van der Waals surface area contributed by atoms with E-state index in [0.29, 0.717) is 17.8 Å². The zero-order valence-electron chi connectivity index (χ0n) is 15.9. The van der Waals surface area contributed by atoms with Crippen LogP contribution in [0.4, 0.5) is 0 Å². The lowest BCUT2D eigenvalue weighted by atomic mass is 9.43. The Labute approximate surface area is 160 Å². The third-order valence-corrected chi connectivity index (χ3v) is 7.92. The van der Waals surface area contributed by atoms with Crippen LogP contribution in [0, 0.1) is 24.2 Å². The first-order valence-corrected chi connectivity index (χ1v) is 10.2. The number of hydrogen-bond acceptors (Lipinski definition) is 3. The third kappa shape index (κ3) is 2.22. The van der Waals surface area contributed by atoms with Crippen molar-refractivity contribution in [2.75, 3.05) is 0 Å². The van der Waals surface area contributed by atoms with Crippen molar-refractivity contribution < 1.29 is 13.7 Å². The topological polar surface area (TPSA) is 31.6 Å². The van der Waals surface area contributed by atoms with Crippen LogP contribution in [-0.2, 0) is 15.7 Å². The molecule has 0 N–H and O–H groups in total. The Morgan fingerprint density at radius 3 is 2.85 bits per heavy atom. The van der Waals surface area contributed by atoms with Crippen LogP contribution in [0.25, 0.3) is 11.0 Å². The zero-order chi connectivity index (χ0) is 18.3. The van der Waals surface area contributed by atoms with Gasteiger partial charge in [-0.2, -0.15) is 0 Å². The van der Waals surface area contributed by atoms with Gasteiger partial charge < -0.3 is 13.7 Å². The predicted molar refractivity (Wildman–Crippen MR) is 104 cm³/mol. The van der Waals surface area contributed by atoms with E-state index in [1.165, 1.54) is 6.42 Å². The lowest BCUT2D eigenvalue weighted by Crippen LogP contribution is -2.65. The Balaban J connectivity index is 1.36. The van der Waals surface area contributed by atoms with E-state index < -0.39 is 0 Å². The van der Waals surface area contributed by atoms with Gasteiger partial charge in [-0.05, 0) is 61.5 Å². The summed E-state index contributed by atoms with van der Waals surface area (Å²) < 4.78 is 18.6. The Kier molecular flexibility index (Phi) is 3.65. The van der Waals surface area contributed by atoms with Gasteiger partial charge in [0, 0.05) is 5.39 Å². The highest BCUT2D eigenvalue weighted by molar-refractivity contribution is 6.60. The van der Waals surface area contributed by atoms with Crippen molar-refractivity contribution in [3.05, 3.63) is 35.6 Å². The van der Waals surface area contributed by atoms with Crippen LogP contribution in [-0.4, -0.2) is 24.1 Å². The number of furan rings is 1. The number of fused-ring (bicyclic) bond motifs is 1. The SMILES string of the molecule is Cc1cccc2c(C[C@@H](Cl)B3O[C@@H]4CC5C[C@@H](C5(C)C)[C@]4(C)O3)coc12. The first-order valence-electron chi connectivity index (χ1n) is 9.73. The van der Waals surface area contributed by atoms with Crippen molar-refractivity contribution in [1.82, 2.24) is 0 Å². The van der Waals surface area contributed by atoms with Crippen molar-refractivity contribution in [2.45, 2.75) is 63.9 Å². The minimum Gasteiger partial charge on any atom is -0.464 e. The molecule has 0 amide bonds. The van der Waals surface area contributed by atoms with E-state index >= 15 is 0 Å². The first kappa shape index (κ1) is 17.2. The third-order valence-electron chi connectivity index (χ3n) is 7.56. The summed E-state index contributed by atoms with van der Waals surface area (Å²) in [5.74, 6) is 1.31. The minimum atomic E-state index is -0.350. The standard InChI is InChI=1S/C21H26BClO3/c1-12-6-5-7-15-13(11-24-19(12)15)8-18(23)22-25-17-10-14-9-16(20(14,2)3)21(17,4)26-22/h5-7,11,14,16-18H,8-10H2,1-4H3/t14?,16-,17+,18+,21-/m0/s1. The normalized spacial score (nSPS) is 36.0. The average Bonchev–Trinajstić information content (AvgIpc) is 3.16. The molecular weight excluding hydrogens is 346 g/mol. The van der Waals surface area contributed by atoms with Crippen LogP contribution >= 0.6 is 11.6 Å². The van der Waals surface area contributed by atoms with Gasteiger partial charge in [-0.25, -0.2) is 0 Å². The highest BCUT2D eigenvalue weighted by Crippen LogP contribution is 2.65. The summed E-state index contributed by atoms with van der Waals surface area (Å²) in [6, 6.07) is 6.23. The molecule has 1 aliphatic heterocycles. The fourth-order valence-corrected chi connectivity index (χ4v) is 6.05. The molecule has 5 heteroatoms. The van der Waals surface area contributed by atoms with Gasteiger partial charge in [0.25, 0.3) is 0 Å². The number of halogens is 1. The molecule has 0 spiro atoms. The molecule has 26 heavy (non-hydrogen) atoms. The molecule has 6 rings (SSSR count). The van der Waals surface area contributed by atoms with Gasteiger partial charge in [-0.1, -0.05) is 32.0 Å². The van der Waals surface area contributed by atoms with Crippen molar-refractivity contribution in [1.29, 1.82) is 0 Å². The Hall–Kier alpha value is -0.965. The van der Waals surface area contributed by atoms with Gasteiger partial charge in [0.1, 0.15) is 5.58 Å². The summed E-state index contributed by atoms with van der Waals surface area (Å²) in [6.45, 7) is 9.06. The number of rotatable bonds is 3. The average molecular weight is 373 g/mol. The Morgan fingerprint density at radius 2 is 2.08 bits per heavy atom. The van der Waals surface area contributed by atoms with E-state index in [1.807, 2.05) is 6.26 Å². The summed E-state index contributed by atoms with van der Waals surface area (Å²) in [5.41, 5.74) is 3.37. The monoisotopic (exact) mass is 372 g/mol. The second kappa shape index (κ2) is 5.53. The molecule has 3 nitrogen and oxygen atoms in total. The quantitative estimate of drug-likeness (QED) is 0.551. The second-order valence-corrected chi connectivity index (χ2v) is 9.83. The van der Waals surface area contributed by atoms with Crippen molar-refractivity contribution in [3.63, 3.8) is 0 Å². The van der Waals surface area contributed by atoms with E-state index in [4.69, 9.17) is 25.3 Å². The molecule has 3 aliphatic carbocycles. The lowest BCUT2D eigenvalue weighted by Gasteiger charge is -2.64. The molecule has 1 aromatic heterocycles. The van der Waals surface area contributed by atoms with E-state index in [2.05, 4.69) is 45.9 Å². The van der Waals surface area contributed by atoms with Gasteiger partial charge in [-0.15, -0.1) is 11.6 Å². The molecule has 2 bridgehead atoms. The number of hydrogen-bond donors (Lipinski definition) is 0. The Bertz CT molecular complexity index is 862. The number of aryl methyl sites for hydroxylation is 1. The van der Waals surface area contributed by atoms with Crippen molar-refractivity contribution in [3.8, 4) is 0 Å². The molecule has 1 aromatic carbocycles. The molecule has 1 saturated heterocycles. The van der Waals surface area contributed by atoms with Gasteiger partial charge in [-0.3, -0.25) is 0 Å². The van der Waals surface area contributed by atoms with Crippen molar-refractivity contribution >= 4 is 29.7 Å². The van der Waals surface area contributed by atoms with E-state index in [9.17, 15) is 0 Å². The number of alkyl halides is 1. The van der Waals surface area contributed by atoms with Crippen LogP contribution in [0.15, 0.2) is 28.9 Å². The van der Waals surface area contributed by atoms with E-state index in [0.717, 1.165) is 34.4 Å². The van der Waals surface area contributed by atoms with Gasteiger partial charge in [0.05, 0.1) is 23.2 Å². The van der Waals surface area contributed by atoms with Crippen LogP contribution < -0.4 is 0 Å². The molecule has 138 valence electrons. The fraction of sp³-hybridized carbons (Fsp3) is 0.619. The summed E-state index contributed by atoms with van der Waals surface area (Å²) in [5, 5.41) is 0.916. The van der Waals surface area contributed by atoms with Gasteiger partial charge in [0.15, 0.2) is 0 Å². The van der Waals surface area contributed by atoms with E-state index in [-0.39, 0.29) is 24.1 Å². The predicted octanol–water partition coefficient (Wildman–Crippen LogP) is 5.16. The highest BCUT2D eigenvalue weighted by Gasteiger charge is 2.68. The maximum atomic E-state index is 6.79. The maximum absolute atomic E-state index is 6.79. The molecule has 1 unspecified atom stereocenters. The fourth-order valence-electron chi connectivity index (χ4n) is 5.77. The molecule has 3 saturated carbocycles. The van der Waals surface area contributed by atoms with Gasteiger partial charge in [0.2, 0.25) is 0 Å². The highest BCUT2D eigenvalue weighted by atomic mass is 35.5. The molecule has 4 aliphatic rings. The Morgan fingerprint density at radius 1 is 1.27 bits per heavy atom. The molecule has 5 atom stereocenters. The molecule has 2 aromatic rings. The van der Waals surface area contributed by atoms with E-state index in [1.54, 1.807) is 0 Å².